The van der Waals surface area contributed by atoms with E-state index in [-0.39, 0.29) is 23.3 Å². The Morgan fingerprint density at radius 2 is 2.11 bits per heavy atom. The molecule has 2 atom stereocenters. The molecule has 3 nitrogen and oxygen atoms in total. The molecule has 0 radical (unpaired) electrons. The summed E-state index contributed by atoms with van der Waals surface area (Å²) in [5, 5.41) is 10.3. The largest absolute Gasteiger partial charge is 0.507 e. The molecule has 104 valence electrons. The summed E-state index contributed by atoms with van der Waals surface area (Å²) in [5.74, 6) is -0.209. The zero-order chi connectivity index (χ0) is 14.0. The van der Waals surface area contributed by atoms with Crippen LogP contribution >= 0.6 is 27.5 Å². The van der Waals surface area contributed by atoms with Crippen LogP contribution in [0.4, 0.5) is 0 Å². The van der Waals surface area contributed by atoms with Crippen molar-refractivity contribution in [3.63, 3.8) is 0 Å². The van der Waals surface area contributed by atoms with Crippen LogP contribution in [0.3, 0.4) is 0 Å². The van der Waals surface area contributed by atoms with Crippen molar-refractivity contribution in [3.05, 3.63) is 28.8 Å². The standard InChI is InChI=1S/C14H17BrClNO2/c1-17(12-5-3-2-4-11(12)15)14(19)10-8-9(16)6-7-13(10)18/h6-8,11-12,18H,2-5H2,1H3. The van der Waals surface area contributed by atoms with Crippen LogP contribution in [0.25, 0.3) is 0 Å². The molecule has 5 heteroatoms. The highest BCUT2D eigenvalue weighted by molar-refractivity contribution is 9.09. The highest BCUT2D eigenvalue weighted by Gasteiger charge is 2.30. The van der Waals surface area contributed by atoms with Gasteiger partial charge in [0.2, 0.25) is 0 Å². The van der Waals surface area contributed by atoms with E-state index in [0.29, 0.717) is 9.85 Å². The molecule has 0 spiro atoms. The smallest absolute Gasteiger partial charge is 0.257 e. The van der Waals surface area contributed by atoms with Gasteiger partial charge in [0, 0.05) is 22.9 Å². The van der Waals surface area contributed by atoms with Gasteiger partial charge in [-0.15, -0.1) is 0 Å². The number of carbonyl (C=O) groups excluding carboxylic acids is 1. The molecule has 0 aromatic heterocycles. The summed E-state index contributed by atoms with van der Waals surface area (Å²) in [6, 6.07) is 4.71. The number of hydrogen-bond donors (Lipinski definition) is 1. The van der Waals surface area contributed by atoms with Gasteiger partial charge in [0.05, 0.1) is 5.56 Å². The number of alkyl halides is 1. The molecule has 1 aliphatic carbocycles. The van der Waals surface area contributed by atoms with Crippen molar-refractivity contribution in [2.24, 2.45) is 0 Å². The lowest BCUT2D eigenvalue weighted by Crippen LogP contribution is -2.44. The molecular weight excluding hydrogens is 330 g/mol. The van der Waals surface area contributed by atoms with Gasteiger partial charge < -0.3 is 10.0 Å². The second kappa shape index (κ2) is 6.14. The fraction of sp³-hybridized carbons (Fsp3) is 0.500. The number of amides is 1. The van der Waals surface area contributed by atoms with Crippen LogP contribution in [0.1, 0.15) is 36.0 Å². The number of hydrogen-bond acceptors (Lipinski definition) is 2. The predicted molar refractivity (Wildman–Crippen MR) is 80.2 cm³/mol. The molecule has 0 bridgehead atoms. The van der Waals surface area contributed by atoms with Gasteiger partial charge in [-0.25, -0.2) is 0 Å². The van der Waals surface area contributed by atoms with Crippen LogP contribution in [0.5, 0.6) is 5.75 Å². The number of benzene rings is 1. The minimum absolute atomic E-state index is 0.0248. The van der Waals surface area contributed by atoms with Gasteiger partial charge in [-0.1, -0.05) is 40.4 Å². The maximum absolute atomic E-state index is 12.4. The molecule has 2 unspecified atom stereocenters. The number of phenolic OH excluding ortho intramolecular Hbond substituents is 1. The van der Waals surface area contributed by atoms with E-state index in [1.165, 1.54) is 18.6 Å². The molecular formula is C14H17BrClNO2. The Labute approximate surface area is 126 Å². The summed E-state index contributed by atoms with van der Waals surface area (Å²) in [6.07, 6.45) is 4.38. The van der Waals surface area contributed by atoms with Gasteiger partial charge in [-0.05, 0) is 31.0 Å². The minimum atomic E-state index is -0.184. The fourth-order valence-electron chi connectivity index (χ4n) is 2.52. The number of halogens is 2. The molecule has 2 rings (SSSR count). The summed E-state index contributed by atoms with van der Waals surface area (Å²) in [4.78, 5) is 14.5. The van der Waals surface area contributed by atoms with Crippen molar-refractivity contribution >= 4 is 33.4 Å². The Hall–Kier alpha value is -0.740. The third-order valence-corrected chi connectivity index (χ3v) is 4.96. The van der Waals surface area contributed by atoms with Crippen molar-refractivity contribution in [2.75, 3.05) is 7.05 Å². The van der Waals surface area contributed by atoms with Gasteiger partial charge in [0.15, 0.2) is 0 Å². The maximum atomic E-state index is 12.4. The second-order valence-corrected chi connectivity index (χ2v) is 6.56. The molecule has 1 saturated carbocycles. The Balaban J connectivity index is 2.20. The second-order valence-electron chi connectivity index (χ2n) is 4.95. The third kappa shape index (κ3) is 3.23. The molecule has 0 heterocycles. The number of rotatable bonds is 2. The van der Waals surface area contributed by atoms with E-state index in [1.807, 2.05) is 0 Å². The third-order valence-electron chi connectivity index (χ3n) is 3.65. The zero-order valence-corrected chi connectivity index (χ0v) is 13.1. The first-order chi connectivity index (χ1) is 9.00. The lowest BCUT2D eigenvalue weighted by molar-refractivity contribution is 0.0701. The Bertz CT molecular complexity index is 481. The predicted octanol–water partition coefficient (Wildman–Crippen LogP) is 3.82. The molecule has 1 fully saturated rings. The van der Waals surface area contributed by atoms with Gasteiger partial charge in [-0.2, -0.15) is 0 Å². The highest BCUT2D eigenvalue weighted by atomic mass is 79.9. The summed E-state index contributed by atoms with van der Waals surface area (Å²) >= 11 is 9.54. The van der Waals surface area contributed by atoms with E-state index >= 15 is 0 Å². The quantitative estimate of drug-likeness (QED) is 0.827. The van der Waals surface area contributed by atoms with Gasteiger partial charge >= 0.3 is 0 Å². The van der Waals surface area contributed by atoms with E-state index in [0.717, 1.165) is 19.3 Å². The SMILES string of the molecule is CN(C(=O)c1cc(Cl)ccc1O)C1CCCCC1Br. The van der Waals surface area contributed by atoms with E-state index in [9.17, 15) is 9.90 Å². The Kier molecular flexibility index (Phi) is 4.74. The molecule has 1 N–H and O–H groups in total. The molecule has 19 heavy (non-hydrogen) atoms. The van der Waals surface area contributed by atoms with E-state index in [4.69, 9.17) is 11.6 Å². The first-order valence-electron chi connectivity index (χ1n) is 6.40. The number of aromatic hydroxyl groups is 1. The van der Waals surface area contributed by atoms with Crippen LogP contribution < -0.4 is 0 Å². The van der Waals surface area contributed by atoms with Crippen LogP contribution in [-0.2, 0) is 0 Å². The summed E-state index contributed by atoms with van der Waals surface area (Å²) < 4.78 is 0. The van der Waals surface area contributed by atoms with Crippen molar-refractivity contribution < 1.29 is 9.90 Å². The van der Waals surface area contributed by atoms with Crippen molar-refractivity contribution in [1.29, 1.82) is 0 Å². The molecule has 0 saturated heterocycles. The zero-order valence-electron chi connectivity index (χ0n) is 10.8. The van der Waals surface area contributed by atoms with Crippen molar-refractivity contribution in [1.82, 2.24) is 4.90 Å². The van der Waals surface area contributed by atoms with Gasteiger partial charge in [-0.3, -0.25) is 4.79 Å². The topological polar surface area (TPSA) is 40.5 Å². The average Bonchev–Trinajstić information content (AvgIpc) is 2.40. The van der Waals surface area contributed by atoms with Crippen molar-refractivity contribution in [3.8, 4) is 5.75 Å². The highest BCUT2D eigenvalue weighted by Crippen LogP contribution is 2.30. The summed E-state index contributed by atoms with van der Waals surface area (Å²) in [7, 11) is 1.78. The lowest BCUT2D eigenvalue weighted by Gasteiger charge is -2.35. The van der Waals surface area contributed by atoms with Crippen LogP contribution in [0.2, 0.25) is 5.02 Å². The summed E-state index contributed by atoms with van der Waals surface area (Å²) in [5.41, 5.74) is 0.264. The number of carbonyl (C=O) groups is 1. The van der Waals surface area contributed by atoms with Crippen LogP contribution in [-0.4, -0.2) is 33.8 Å². The molecule has 1 aromatic carbocycles. The minimum Gasteiger partial charge on any atom is -0.507 e. The Morgan fingerprint density at radius 3 is 2.79 bits per heavy atom. The van der Waals surface area contributed by atoms with Crippen molar-refractivity contribution in [2.45, 2.75) is 36.6 Å². The van der Waals surface area contributed by atoms with Crippen LogP contribution in [0.15, 0.2) is 18.2 Å². The normalized spacial score (nSPS) is 23.1. The average molecular weight is 347 g/mol. The fourth-order valence-corrected chi connectivity index (χ4v) is 3.64. The summed E-state index contributed by atoms with van der Waals surface area (Å²) in [6.45, 7) is 0. The molecule has 0 aliphatic heterocycles. The number of phenols is 1. The van der Waals surface area contributed by atoms with Crippen LogP contribution in [0, 0.1) is 0 Å². The molecule has 1 aromatic rings. The van der Waals surface area contributed by atoms with Gasteiger partial charge in [0.1, 0.15) is 5.75 Å². The lowest BCUT2D eigenvalue weighted by atomic mass is 9.94. The first kappa shape index (κ1) is 14.7. The monoisotopic (exact) mass is 345 g/mol. The molecule has 1 aliphatic rings. The van der Waals surface area contributed by atoms with E-state index in [1.54, 1.807) is 18.0 Å². The maximum Gasteiger partial charge on any atom is 0.257 e. The van der Waals surface area contributed by atoms with Gasteiger partial charge in [0.25, 0.3) is 5.91 Å². The first-order valence-corrected chi connectivity index (χ1v) is 7.70. The number of nitrogens with zero attached hydrogens (tertiary/aromatic N) is 1. The van der Waals surface area contributed by atoms with E-state index in [2.05, 4.69) is 15.9 Å². The molecule has 1 amide bonds. The Morgan fingerprint density at radius 1 is 1.42 bits per heavy atom. The van der Waals surface area contributed by atoms with E-state index < -0.39 is 0 Å².